The van der Waals surface area contributed by atoms with Gasteiger partial charge in [0.1, 0.15) is 11.5 Å². The van der Waals surface area contributed by atoms with Gasteiger partial charge in [-0.05, 0) is 55.8 Å². The molecule has 1 aliphatic heterocycles. The Labute approximate surface area is 158 Å². The smallest absolute Gasteiger partial charge is 0.267 e. The van der Waals surface area contributed by atoms with Gasteiger partial charge in [0.2, 0.25) is 10.0 Å². The Morgan fingerprint density at radius 3 is 2.59 bits per heavy atom. The molecule has 1 heterocycles. The molecule has 3 rings (SSSR count). The molecule has 2 aromatic carbocycles. The Balaban J connectivity index is 1.80. The first-order valence-corrected chi connectivity index (χ1v) is 10.4. The summed E-state index contributed by atoms with van der Waals surface area (Å²) in [4.78, 5) is 12.6. The number of aryl methyl sites for hydroxylation is 1. The van der Waals surface area contributed by atoms with Crippen LogP contribution in [0.2, 0.25) is 0 Å². The third-order valence-electron chi connectivity index (χ3n) is 4.11. The molecular weight excluding hydrogens is 368 g/mol. The number of hydrogen-bond acceptors (Lipinski definition) is 5. The summed E-state index contributed by atoms with van der Waals surface area (Å²) in [5.41, 5.74) is 1.93. The fourth-order valence-electron chi connectivity index (χ4n) is 2.84. The number of rotatable bonds is 5. The number of amides is 1. The Bertz CT molecular complexity index is 941. The first-order chi connectivity index (χ1) is 12.8. The molecule has 27 heavy (non-hydrogen) atoms. The third-order valence-corrected chi connectivity index (χ3v) is 5.26. The van der Waals surface area contributed by atoms with E-state index in [9.17, 15) is 13.2 Å². The summed E-state index contributed by atoms with van der Waals surface area (Å²) in [5, 5.41) is 2.75. The number of carbonyl (C=O) groups excluding carboxylic acids is 1. The second kappa shape index (κ2) is 7.48. The van der Waals surface area contributed by atoms with Crippen molar-refractivity contribution in [3.05, 3.63) is 48.0 Å². The van der Waals surface area contributed by atoms with E-state index in [1.165, 1.54) is 4.31 Å². The Kier molecular flexibility index (Phi) is 5.27. The number of nitrogens with zero attached hydrogens (tertiary/aromatic N) is 1. The van der Waals surface area contributed by atoms with Crippen molar-refractivity contribution >= 4 is 27.3 Å². The summed E-state index contributed by atoms with van der Waals surface area (Å²) >= 11 is 0. The van der Waals surface area contributed by atoms with Gasteiger partial charge in [-0.3, -0.25) is 9.10 Å². The fraction of sp³-hybridized carbons (Fsp3) is 0.316. The lowest BCUT2D eigenvalue weighted by molar-refractivity contribution is -0.122. The van der Waals surface area contributed by atoms with Crippen LogP contribution in [0.5, 0.6) is 11.5 Å². The van der Waals surface area contributed by atoms with Gasteiger partial charge in [0, 0.05) is 5.69 Å². The van der Waals surface area contributed by atoms with Gasteiger partial charge in [-0.1, -0.05) is 6.07 Å². The molecule has 0 saturated carbocycles. The zero-order valence-corrected chi connectivity index (χ0v) is 16.2. The number of benzene rings is 2. The van der Waals surface area contributed by atoms with Crippen molar-refractivity contribution in [1.82, 2.24) is 0 Å². The molecular formula is C19H22N2O5S. The summed E-state index contributed by atoms with van der Waals surface area (Å²) < 4.78 is 36.8. The van der Waals surface area contributed by atoms with Gasteiger partial charge < -0.3 is 14.8 Å². The zero-order valence-electron chi connectivity index (χ0n) is 15.4. The van der Waals surface area contributed by atoms with Crippen molar-refractivity contribution in [3.63, 3.8) is 0 Å². The molecule has 7 nitrogen and oxygen atoms in total. The van der Waals surface area contributed by atoms with Gasteiger partial charge in [-0.15, -0.1) is 0 Å². The molecule has 2 aromatic rings. The van der Waals surface area contributed by atoms with Gasteiger partial charge in [0.05, 0.1) is 25.1 Å². The number of nitrogens with one attached hydrogen (secondary N) is 1. The summed E-state index contributed by atoms with van der Waals surface area (Å²) in [6.45, 7) is 4.23. The minimum Gasteiger partial charge on any atom is -0.494 e. The van der Waals surface area contributed by atoms with Crippen LogP contribution in [-0.2, 0) is 14.8 Å². The first-order valence-electron chi connectivity index (χ1n) is 8.56. The van der Waals surface area contributed by atoms with Crippen molar-refractivity contribution in [2.45, 2.75) is 20.0 Å². The van der Waals surface area contributed by atoms with Crippen molar-refractivity contribution in [2.75, 3.05) is 29.0 Å². The van der Waals surface area contributed by atoms with Gasteiger partial charge >= 0.3 is 0 Å². The lowest BCUT2D eigenvalue weighted by Gasteiger charge is -2.34. The average Bonchev–Trinajstić information content (AvgIpc) is 2.61. The molecule has 144 valence electrons. The van der Waals surface area contributed by atoms with Crippen molar-refractivity contribution in [1.29, 1.82) is 0 Å². The standard InChI is InChI=1S/C19H22N2O5S/c1-4-25-15-8-6-14(7-9-15)20-19(22)18-12-21(27(3,23)24)16-11-13(2)5-10-17(16)26-18/h5-11,18H,4,12H2,1-3H3,(H,20,22)/t18-/m1/s1. The summed E-state index contributed by atoms with van der Waals surface area (Å²) in [6, 6.07) is 12.2. The number of carbonyl (C=O) groups is 1. The molecule has 0 fully saturated rings. The lowest BCUT2D eigenvalue weighted by atomic mass is 10.1. The minimum absolute atomic E-state index is 0.0852. The van der Waals surface area contributed by atoms with Crippen molar-refractivity contribution < 1.29 is 22.7 Å². The number of ether oxygens (including phenoxy) is 2. The maximum absolute atomic E-state index is 12.6. The van der Waals surface area contributed by atoms with Gasteiger partial charge in [0.15, 0.2) is 6.10 Å². The molecule has 0 unspecified atom stereocenters. The van der Waals surface area contributed by atoms with E-state index in [0.29, 0.717) is 29.5 Å². The molecule has 0 saturated heterocycles. The average molecular weight is 390 g/mol. The van der Waals surface area contributed by atoms with E-state index >= 15 is 0 Å². The van der Waals surface area contributed by atoms with Crippen LogP contribution >= 0.6 is 0 Å². The molecule has 0 aromatic heterocycles. The Morgan fingerprint density at radius 1 is 1.26 bits per heavy atom. The molecule has 1 N–H and O–H groups in total. The van der Waals surface area contributed by atoms with Gasteiger partial charge in [-0.2, -0.15) is 0 Å². The molecule has 0 aliphatic carbocycles. The van der Waals surface area contributed by atoms with Gasteiger partial charge in [0.25, 0.3) is 5.91 Å². The van der Waals surface area contributed by atoms with Crippen LogP contribution in [0.3, 0.4) is 0 Å². The van der Waals surface area contributed by atoms with Gasteiger partial charge in [-0.25, -0.2) is 8.42 Å². The highest BCUT2D eigenvalue weighted by atomic mass is 32.2. The fourth-order valence-corrected chi connectivity index (χ4v) is 3.74. The summed E-state index contributed by atoms with van der Waals surface area (Å²) in [7, 11) is -3.55. The maximum atomic E-state index is 12.6. The van der Waals surface area contributed by atoms with E-state index in [1.54, 1.807) is 36.4 Å². The Morgan fingerprint density at radius 2 is 1.96 bits per heavy atom. The largest absolute Gasteiger partial charge is 0.494 e. The van der Waals surface area contributed by atoms with Crippen molar-refractivity contribution in [3.8, 4) is 11.5 Å². The predicted molar refractivity (Wildman–Crippen MR) is 104 cm³/mol. The molecule has 1 aliphatic rings. The number of anilines is 2. The van der Waals surface area contributed by atoms with E-state index in [-0.39, 0.29) is 6.54 Å². The van der Waals surface area contributed by atoms with Crippen molar-refractivity contribution in [2.24, 2.45) is 0 Å². The minimum atomic E-state index is -3.55. The van der Waals surface area contributed by atoms with E-state index in [2.05, 4.69) is 5.32 Å². The van der Waals surface area contributed by atoms with E-state index in [4.69, 9.17) is 9.47 Å². The van der Waals surface area contributed by atoms with Crippen LogP contribution in [0.1, 0.15) is 12.5 Å². The normalized spacial score (nSPS) is 16.3. The Hall–Kier alpha value is -2.74. The predicted octanol–water partition coefficient (Wildman–Crippen LogP) is 2.56. The van der Waals surface area contributed by atoms with Crippen LogP contribution in [0, 0.1) is 6.92 Å². The van der Waals surface area contributed by atoms with Crippen LogP contribution in [0.4, 0.5) is 11.4 Å². The SMILES string of the molecule is CCOc1ccc(NC(=O)[C@H]2CN(S(C)(=O)=O)c3cc(C)ccc3O2)cc1. The monoisotopic (exact) mass is 390 g/mol. The number of sulfonamides is 1. The second-order valence-corrected chi connectivity index (χ2v) is 8.23. The number of hydrogen-bond donors (Lipinski definition) is 1. The molecule has 0 bridgehead atoms. The second-order valence-electron chi connectivity index (χ2n) is 6.32. The highest BCUT2D eigenvalue weighted by molar-refractivity contribution is 7.92. The van der Waals surface area contributed by atoms with Crippen LogP contribution in [0.25, 0.3) is 0 Å². The van der Waals surface area contributed by atoms with E-state index < -0.39 is 22.0 Å². The highest BCUT2D eigenvalue weighted by Crippen LogP contribution is 2.36. The lowest BCUT2D eigenvalue weighted by Crippen LogP contribution is -2.48. The third kappa shape index (κ3) is 4.33. The zero-order chi connectivity index (χ0) is 19.6. The summed E-state index contributed by atoms with van der Waals surface area (Å²) in [6.07, 6.45) is 0.160. The molecule has 1 amide bonds. The molecule has 8 heteroatoms. The molecule has 1 atom stereocenters. The van der Waals surface area contributed by atoms with E-state index in [0.717, 1.165) is 11.8 Å². The highest BCUT2D eigenvalue weighted by Gasteiger charge is 2.35. The molecule has 0 spiro atoms. The topological polar surface area (TPSA) is 84.9 Å². The van der Waals surface area contributed by atoms with Crippen LogP contribution in [0.15, 0.2) is 42.5 Å². The van der Waals surface area contributed by atoms with E-state index in [1.807, 2.05) is 19.9 Å². The molecule has 0 radical (unpaired) electrons. The van der Waals surface area contributed by atoms with Crippen LogP contribution < -0.4 is 19.1 Å². The first kappa shape index (κ1) is 19.0. The number of fused-ring (bicyclic) bond motifs is 1. The quantitative estimate of drug-likeness (QED) is 0.848. The van der Waals surface area contributed by atoms with Crippen LogP contribution in [-0.4, -0.2) is 39.8 Å². The maximum Gasteiger partial charge on any atom is 0.267 e. The summed E-state index contributed by atoms with van der Waals surface area (Å²) in [5.74, 6) is 0.653.